The van der Waals surface area contributed by atoms with E-state index in [4.69, 9.17) is 16.3 Å². The highest BCUT2D eigenvalue weighted by Crippen LogP contribution is 2.43. The van der Waals surface area contributed by atoms with Crippen LogP contribution in [0.4, 0.5) is 16.4 Å². The number of hydrogen-bond acceptors (Lipinski definition) is 5. The molecule has 152 valence electrons. The van der Waals surface area contributed by atoms with E-state index < -0.39 is 0 Å². The molecule has 1 unspecified atom stereocenters. The summed E-state index contributed by atoms with van der Waals surface area (Å²) in [5, 5.41) is 0.609. The molecule has 0 N–H and O–H groups in total. The lowest BCUT2D eigenvalue weighted by molar-refractivity contribution is 0.00813. The number of likely N-dealkylation sites (tertiary alicyclic amines) is 1. The number of halogens is 1. The van der Waals surface area contributed by atoms with Crippen LogP contribution in [0.15, 0.2) is 30.5 Å². The van der Waals surface area contributed by atoms with Crippen LogP contribution in [-0.2, 0) is 6.42 Å². The number of aromatic nitrogens is 2. The first kappa shape index (κ1) is 18.5. The monoisotopic (exact) mass is 413 g/mol. The van der Waals surface area contributed by atoms with Crippen LogP contribution in [0, 0.1) is 5.41 Å². The predicted octanol–water partition coefficient (Wildman–Crippen LogP) is 3.22. The quantitative estimate of drug-likeness (QED) is 0.756. The smallest absolute Gasteiger partial charge is 0.325 e. The number of carbonyl (C=O) groups excluding carboxylic acids is 1. The first-order valence-electron chi connectivity index (χ1n) is 10.1. The number of aryl methyl sites for hydroxylation is 1. The maximum absolute atomic E-state index is 13.2. The van der Waals surface area contributed by atoms with Crippen molar-refractivity contribution in [2.24, 2.45) is 5.41 Å². The minimum atomic E-state index is -0.0178. The Hall–Kier alpha value is -2.54. The summed E-state index contributed by atoms with van der Waals surface area (Å²) >= 11 is 6.08. The molecule has 2 fully saturated rings. The molecule has 0 aliphatic carbocycles. The number of urea groups is 1. The Balaban J connectivity index is 1.24. The van der Waals surface area contributed by atoms with Crippen molar-refractivity contribution in [2.45, 2.75) is 26.3 Å². The fraction of sp³-hybridized carbons (Fsp3) is 0.476. The van der Waals surface area contributed by atoms with Gasteiger partial charge < -0.3 is 14.5 Å². The van der Waals surface area contributed by atoms with Gasteiger partial charge in [-0.05, 0) is 31.5 Å². The average molecular weight is 414 g/mol. The number of nitrogens with zero attached hydrogens (tertiary/aromatic N) is 5. The van der Waals surface area contributed by atoms with Gasteiger partial charge in [0.25, 0.3) is 0 Å². The first-order chi connectivity index (χ1) is 14.0. The number of rotatable bonds is 2. The number of amides is 2. The molecule has 1 spiro atoms. The molecular weight excluding hydrogens is 390 g/mol. The lowest BCUT2D eigenvalue weighted by Crippen LogP contribution is -2.74. The number of fused-ring (bicyclic) bond motifs is 1. The van der Waals surface area contributed by atoms with Crippen molar-refractivity contribution in [3.05, 3.63) is 41.2 Å². The van der Waals surface area contributed by atoms with Gasteiger partial charge in [-0.1, -0.05) is 18.5 Å². The zero-order valence-corrected chi connectivity index (χ0v) is 17.4. The van der Waals surface area contributed by atoms with Crippen LogP contribution >= 0.6 is 11.6 Å². The fourth-order valence-corrected chi connectivity index (χ4v) is 4.67. The van der Waals surface area contributed by atoms with E-state index in [9.17, 15) is 4.79 Å². The Bertz CT molecular complexity index is 954. The zero-order valence-electron chi connectivity index (χ0n) is 16.6. The fourth-order valence-electron chi connectivity index (χ4n) is 4.51. The highest BCUT2D eigenvalue weighted by atomic mass is 35.5. The van der Waals surface area contributed by atoms with E-state index in [1.165, 1.54) is 0 Å². The van der Waals surface area contributed by atoms with Gasteiger partial charge in [-0.15, -0.1) is 0 Å². The van der Waals surface area contributed by atoms with E-state index >= 15 is 0 Å². The van der Waals surface area contributed by atoms with Crippen LogP contribution < -0.4 is 14.5 Å². The lowest BCUT2D eigenvalue weighted by atomic mass is 9.73. The van der Waals surface area contributed by atoms with Crippen molar-refractivity contribution in [3.8, 4) is 5.75 Å². The largest absolute Gasteiger partial charge is 0.489 e. The summed E-state index contributed by atoms with van der Waals surface area (Å²) in [6.07, 6.45) is 2.73. The summed E-state index contributed by atoms with van der Waals surface area (Å²) < 4.78 is 5.77. The van der Waals surface area contributed by atoms with Gasteiger partial charge >= 0.3 is 6.03 Å². The number of ether oxygens (including phenoxy) is 1. The molecule has 2 saturated heterocycles. The molecule has 1 aromatic carbocycles. The third-order valence-corrected chi connectivity index (χ3v) is 6.26. The summed E-state index contributed by atoms with van der Waals surface area (Å²) in [6, 6.07) is 7.41. The molecule has 3 aliphatic rings. The van der Waals surface area contributed by atoms with Gasteiger partial charge in [-0.25, -0.2) is 14.8 Å². The molecule has 1 aromatic heterocycles. The van der Waals surface area contributed by atoms with E-state index in [0.717, 1.165) is 49.9 Å². The number of carbonyl (C=O) groups is 1. The number of hydrogen-bond donors (Lipinski definition) is 0. The maximum atomic E-state index is 13.2. The van der Waals surface area contributed by atoms with Crippen LogP contribution in [0.5, 0.6) is 5.75 Å². The summed E-state index contributed by atoms with van der Waals surface area (Å²) in [4.78, 5) is 28.2. The van der Waals surface area contributed by atoms with E-state index in [1.807, 2.05) is 35.1 Å². The first-order valence-corrected chi connectivity index (χ1v) is 10.4. The van der Waals surface area contributed by atoms with Crippen LogP contribution in [0.3, 0.4) is 0 Å². The van der Waals surface area contributed by atoms with Gasteiger partial charge in [0.2, 0.25) is 5.95 Å². The van der Waals surface area contributed by atoms with Crippen molar-refractivity contribution in [3.63, 3.8) is 0 Å². The Kier molecular flexibility index (Phi) is 4.31. The van der Waals surface area contributed by atoms with Gasteiger partial charge in [-0.3, -0.25) is 4.90 Å². The Labute approximate surface area is 175 Å². The Morgan fingerprint density at radius 2 is 2.07 bits per heavy atom. The van der Waals surface area contributed by atoms with Crippen LogP contribution in [0.1, 0.15) is 19.5 Å². The van der Waals surface area contributed by atoms with Crippen molar-refractivity contribution in [1.29, 1.82) is 0 Å². The second-order valence-electron chi connectivity index (χ2n) is 8.34. The van der Waals surface area contributed by atoms with E-state index in [1.54, 1.807) is 12.1 Å². The zero-order chi connectivity index (χ0) is 20.2. The van der Waals surface area contributed by atoms with Crippen LogP contribution in [-0.4, -0.2) is 59.7 Å². The highest BCUT2D eigenvalue weighted by molar-refractivity contribution is 6.30. The van der Waals surface area contributed by atoms with Crippen LogP contribution in [0.25, 0.3) is 0 Å². The predicted molar refractivity (Wildman–Crippen MR) is 112 cm³/mol. The third-order valence-electron chi connectivity index (χ3n) is 6.03. The topological polar surface area (TPSA) is 61.8 Å². The minimum Gasteiger partial charge on any atom is -0.489 e. The maximum Gasteiger partial charge on any atom is 0.325 e. The second kappa shape index (κ2) is 6.76. The Morgan fingerprint density at radius 1 is 1.28 bits per heavy atom. The standard InChI is InChI=1S/C21H24ClN5O2/c1-3-16-6-7-23-19(24-16)25-10-21(11-25)12-26(13-21)20(28)27-14(2)9-29-18-8-15(22)4-5-17(18)27/h4-8,14H,3,9-13H2,1-2H3. The molecule has 3 aliphatic heterocycles. The van der Waals surface area contributed by atoms with E-state index in [-0.39, 0.29) is 17.5 Å². The molecule has 0 saturated carbocycles. The minimum absolute atomic E-state index is 0.0178. The summed E-state index contributed by atoms with van der Waals surface area (Å²) in [5.74, 6) is 1.47. The summed E-state index contributed by atoms with van der Waals surface area (Å²) in [5.41, 5.74) is 2.01. The van der Waals surface area contributed by atoms with Crippen molar-refractivity contribution in [2.75, 3.05) is 42.6 Å². The molecule has 2 aromatic rings. The Morgan fingerprint density at radius 3 is 2.83 bits per heavy atom. The summed E-state index contributed by atoms with van der Waals surface area (Å²) in [6.45, 7) is 7.90. The SMILES string of the molecule is CCc1ccnc(N2CC3(CN(C(=O)N4c5ccc(Cl)cc5OCC4C)C3)C2)n1. The molecule has 0 bridgehead atoms. The number of anilines is 2. The van der Waals surface area contributed by atoms with E-state index in [2.05, 4.69) is 21.8 Å². The van der Waals surface area contributed by atoms with Gasteiger partial charge in [0.05, 0.1) is 11.7 Å². The molecule has 2 amide bonds. The van der Waals surface area contributed by atoms with Crippen LogP contribution in [0.2, 0.25) is 5.02 Å². The third kappa shape index (κ3) is 3.08. The highest BCUT2D eigenvalue weighted by Gasteiger charge is 2.55. The van der Waals surface area contributed by atoms with Crippen molar-refractivity contribution >= 4 is 29.3 Å². The average Bonchev–Trinajstić information content (AvgIpc) is 2.66. The van der Waals surface area contributed by atoms with Crippen molar-refractivity contribution < 1.29 is 9.53 Å². The lowest BCUT2D eigenvalue weighted by Gasteiger charge is -2.60. The normalized spacial score (nSPS) is 21.9. The molecule has 1 atom stereocenters. The van der Waals surface area contributed by atoms with Gasteiger partial charge in [0, 0.05) is 54.6 Å². The molecular formula is C21H24ClN5O2. The van der Waals surface area contributed by atoms with Gasteiger partial charge in [0.15, 0.2) is 0 Å². The van der Waals surface area contributed by atoms with Gasteiger partial charge in [0.1, 0.15) is 12.4 Å². The second-order valence-corrected chi connectivity index (χ2v) is 8.77. The summed E-state index contributed by atoms with van der Waals surface area (Å²) in [7, 11) is 0. The number of benzene rings is 1. The van der Waals surface area contributed by atoms with Crippen molar-refractivity contribution in [1.82, 2.24) is 14.9 Å². The molecule has 0 radical (unpaired) electrons. The molecule has 5 rings (SSSR count). The molecule has 4 heterocycles. The van der Waals surface area contributed by atoms with E-state index in [0.29, 0.717) is 17.4 Å². The van der Waals surface area contributed by atoms with Gasteiger partial charge in [-0.2, -0.15) is 0 Å². The molecule has 7 nitrogen and oxygen atoms in total. The molecule has 8 heteroatoms. The molecule has 29 heavy (non-hydrogen) atoms.